The average Bonchev–Trinajstić information content (AvgIpc) is 3.00. The van der Waals surface area contributed by atoms with Crippen LogP contribution >= 0.6 is 0 Å². The van der Waals surface area contributed by atoms with E-state index in [1.54, 1.807) is 25.0 Å². The number of piperidine rings is 1. The fourth-order valence-electron chi connectivity index (χ4n) is 3.12. The van der Waals surface area contributed by atoms with Gasteiger partial charge in [0.05, 0.1) is 11.4 Å². The summed E-state index contributed by atoms with van der Waals surface area (Å²) in [6.07, 6.45) is 3.42. The van der Waals surface area contributed by atoms with E-state index in [0.29, 0.717) is 18.9 Å². The third-order valence-corrected chi connectivity index (χ3v) is 6.40. The van der Waals surface area contributed by atoms with Crippen LogP contribution in [0.15, 0.2) is 18.3 Å². The molecule has 2 aromatic rings. The molecule has 3 rings (SSSR count). The highest BCUT2D eigenvalue weighted by atomic mass is 32.2. The van der Waals surface area contributed by atoms with Crippen molar-refractivity contribution in [3.63, 3.8) is 0 Å². The van der Waals surface area contributed by atoms with Crippen LogP contribution < -0.4 is 0 Å². The van der Waals surface area contributed by atoms with Crippen LogP contribution in [0.1, 0.15) is 30.3 Å². The molecule has 3 heterocycles. The van der Waals surface area contributed by atoms with Gasteiger partial charge in [-0.25, -0.2) is 9.97 Å². The molecule has 1 fully saturated rings. The maximum atomic E-state index is 12.4. The van der Waals surface area contributed by atoms with Gasteiger partial charge in [0.1, 0.15) is 5.82 Å². The highest BCUT2D eigenvalue weighted by Crippen LogP contribution is 2.28. The first-order valence-corrected chi connectivity index (χ1v) is 9.70. The van der Waals surface area contributed by atoms with E-state index in [-0.39, 0.29) is 5.92 Å². The van der Waals surface area contributed by atoms with Crippen LogP contribution in [0.25, 0.3) is 11.4 Å². The lowest BCUT2D eigenvalue weighted by Gasteiger charge is -2.32. The van der Waals surface area contributed by atoms with E-state index in [0.717, 1.165) is 29.9 Å². The van der Waals surface area contributed by atoms with Crippen LogP contribution in [0.4, 0.5) is 0 Å². The molecule has 0 aliphatic carbocycles. The van der Waals surface area contributed by atoms with Gasteiger partial charge in [0, 0.05) is 52.0 Å². The van der Waals surface area contributed by atoms with E-state index in [4.69, 9.17) is 4.98 Å². The van der Waals surface area contributed by atoms with Gasteiger partial charge >= 0.3 is 0 Å². The van der Waals surface area contributed by atoms with Crippen molar-refractivity contribution < 1.29 is 8.42 Å². The molecule has 0 amide bonds. The van der Waals surface area contributed by atoms with Crippen molar-refractivity contribution in [3.05, 3.63) is 29.8 Å². The minimum atomic E-state index is -3.41. The second kappa shape index (κ2) is 6.81. The van der Waals surface area contributed by atoms with Crippen molar-refractivity contribution in [3.8, 4) is 11.4 Å². The summed E-state index contributed by atoms with van der Waals surface area (Å²) >= 11 is 0. The maximum absolute atomic E-state index is 12.4. The molecule has 0 saturated carbocycles. The Bertz CT molecular complexity index is 861. The van der Waals surface area contributed by atoms with E-state index in [9.17, 15) is 8.42 Å². The molecule has 1 unspecified atom stereocenters. The van der Waals surface area contributed by atoms with E-state index < -0.39 is 10.2 Å². The molecule has 0 radical (unpaired) electrons. The van der Waals surface area contributed by atoms with Gasteiger partial charge in [0.2, 0.25) is 0 Å². The predicted molar refractivity (Wildman–Crippen MR) is 95.1 cm³/mol. The fourth-order valence-corrected chi connectivity index (χ4v) is 4.31. The van der Waals surface area contributed by atoms with Gasteiger partial charge in [0.25, 0.3) is 10.2 Å². The Morgan fingerprint density at radius 2 is 2.04 bits per heavy atom. The summed E-state index contributed by atoms with van der Waals surface area (Å²) in [7, 11) is 1.58. The molecule has 1 aliphatic heterocycles. The summed E-state index contributed by atoms with van der Waals surface area (Å²) < 4.78 is 29.4. The summed E-state index contributed by atoms with van der Waals surface area (Å²) in [6, 6.07) is 3.84. The molecule has 25 heavy (non-hydrogen) atoms. The number of rotatable bonds is 4. The zero-order valence-corrected chi connectivity index (χ0v) is 15.9. The predicted octanol–water partition coefficient (Wildman–Crippen LogP) is 1.17. The molecule has 0 aromatic carbocycles. The number of aromatic nitrogens is 4. The molecule has 2 aromatic heterocycles. The molecular weight excluding hydrogens is 340 g/mol. The van der Waals surface area contributed by atoms with E-state index in [2.05, 4.69) is 10.1 Å². The molecule has 0 spiro atoms. The fraction of sp³-hybridized carbons (Fsp3) is 0.562. The Kier molecular flexibility index (Phi) is 4.90. The van der Waals surface area contributed by atoms with Crippen molar-refractivity contribution in [2.24, 2.45) is 7.05 Å². The minimum Gasteiger partial charge on any atom is -0.266 e. The average molecular weight is 364 g/mol. The summed E-state index contributed by atoms with van der Waals surface area (Å²) in [4.78, 5) is 9.30. The molecule has 1 atom stereocenters. The molecule has 0 bridgehead atoms. The van der Waals surface area contributed by atoms with Crippen molar-refractivity contribution in [1.29, 1.82) is 0 Å². The highest BCUT2D eigenvalue weighted by Gasteiger charge is 2.32. The van der Waals surface area contributed by atoms with Crippen molar-refractivity contribution in [2.75, 3.05) is 27.2 Å². The van der Waals surface area contributed by atoms with Crippen LogP contribution in [0.3, 0.4) is 0 Å². The zero-order valence-electron chi connectivity index (χ0n) is 15.0. The molecule has 136 valence electrons. The number of nitrogens with zero attached hydrogens (tertiary/aromatic N) is 6. The monoisotopic (exact) mass is 364 g/mol. The minimum absolute atomic E-state index is 0.00430. The smallest absolute Gasteiger partial charge is 0.266 e. The summed E-state index contributed by atoms with van der Waals surface area (Å²) in [5.74, 6) is 0.699. The first kappa shape index (κ1) is 18.0. The number of aryl methyl sites for hydroxylation is 2. The lowest BCUT2D eigenvalue weighted by atomic mass is 9.98. The lowest BCUT2D eigenvalue weighted by Crippen LogP contribution is -2.45. The summed E-state index contributed by atoms with van der Waals surface area (Å²) in [6.45, 7) is 2.88. The van der Waals surface area contributed by atoms with Crippen molar-refractivity contribution in [1.82, 2.24) is 28.4 Å². The second-order valence-corrected chi connectivity index (χ2v) is 8.72. The lowest BCUT2D eigenvalue weighted by molar-refractivity contribution is 0.293. The van der Waals surface area contributed by atoms with Gasteiger partial charge in [-0.2, -0.15) is 22.1 Å². The Hall–Kier alpha value is -1.84. The first-order chi connectivity index (χ1) is 11.8. The van der Waals surface area contributed by atoms with Crippen LogP contribution in [0, 0.1) is 6.92 Å². The van der Waals surface area contributed by atoms with Crippen molar-refractivity contribution >= 4 is 10.2 Å². The SMILES string of the molecule is Cc1cc(-c2ccnn2C)nc(C2CCCN(S(=O)(=O)N(C)C)C2)n1. The second-order valence-electron chi connectivity index (χ2n) is 6.58. The third kappa shape index (κ3) is 3.58. The van der Waals surface area contributed by atoms with Gasteiger partial charge in [-0.15, -0.1) is 0 Å². The maximum Gasteiger partial charge on any atom is 0.281 e. The molecule has 8 nitrogen and oxygen atoms in total. The molecule has 1 aliphatic rings. The van der Waals surface area contributed by atoms with Gasteiger partial charge < -0.3 is 0 Å². The third-order valence-electron chi connectivity index (χ3n) is 4.49. The highest BCUT2D eigenvalue weighted by molar-refractivity contribution is 7.86. The largest absolute Gasteiger partial charge is 0.281 e. The Morgan fingerprint density at radius 1 is 1.28 bits per heavy atom. The Labute approximate surface area is 148 Å². The number of hydrogen-bond donors (Lipinski definition) is 0. The zero-order chi connectivity index (χ0) is 18.2. The van der Waals surface area contributed by atoms with Crippen LogP contribution in [0.5, 0.6) is 0 Å². The van der Waals surface area contributed by atoms with E-state index >= 15 is 0 Å². The first-order valence-electron chi connectivity index (χ1n) is 8.30. The van der Waals surface area contributed by atoms with E-state index in [1.165, 1.54) is 8.61 Å². The van der Waals surface area contributed by atoms with Gasteiger partial charge in [-0.3, -0.25) is 4.68 Å². The number of hydrogen-bond acceptors (Lipinski definition) is 5. The summed E-state index contributed by atoms with van der Waals surface area (Å²) in [5.41, 5.74) is 2.60. The Morgan fingerprint density at radius 3 is 2.68 bits per heavy atom. The van der Waals surface area contributed by atoms with E-state index in [1.807, 2.05) is 26.1 Å². The quantitative estimate of drug-likeness (QED) is 0.813. The standard InChI is InChI=1S/C16H24N6O2S/c1-12-10-14(15-7-8-17-21(15)4)19-16(18-12)13-6-5-9-22(11-13)25(23,24)20(2)3/h7-8,10,13H,5-6,9,11H2,1-4H3. The molecule has 0 N–H and O–H groups in total. The van der Waals surface area contributed by atoms with Crippen LogP contribution in [-0.2, 0) is 17.3 Å². The topological polar surface area (TPSA) is 84.2 Å². The van der Waals surface area contributed by atoms with Crippen LogP contribution in [0.2, 0.25) is 0 Å². The van der Waals surface area contributed by atoms with Gasteiger partial charge in [-0.05, 0) is 31.9 Å². The summed E-state index contributed by atoms with van der Waals surface area (Å²) in [5, 5.41) is 4.19. The normalized spacial score (nSPS) is 19.5. The van der Waals surface area contributed by atoms with Gasteiger partial charge in [-0.1, -0.05) is 0 Å². The molecule has 9 heteroatoms. The molecular formula is C16H24N6O2S. The van der Waals surface area contributed by atoms with Gasteiger partial charge in [0.15, 0.2) is 0 Å². The molecule has 1 saturated heterocycles. The van der Waals surface area contributed by atoms with Crippen LogP contribution in [-0.4, -0.2) is 64.0 Å². The van der Waals surface area contributed by atoms with Crippen molar-refractivity contribution in [2.45, 2.75) is 25.7 Å². The Balaban J connectivity index is 1.91.